The number of carbonyl (C=O) groups is 1. The third-order valence-corrected chi connectivity index (χ3v) is 3.83. The van der Waals surface area contributed by atoms with Crippen LogP contribution in [-0.4, -0.2) is 29.2 Å². The molecule has 1 atom stereocenters. The minimum Gasteiger partial charge on any atom is -0.326 e. The maximum Gasteiger partial charge on any atom is 0.224 e. The van der Waals surface area contributed by atoms with E-state index in [1.165, 1.54) is 0 Å². The van der Waals surface area contributed by atoms with Gasteiger partial charge in [-0.25, -0.2) is 0 Å². The maximum atomic E-state index is 12.1. The van der Waals surface area contributed by atoms with Gasteiger partial charge in [0.25, 0.3) is 0 Å². The van der Waals surface area contributed by atoms with Crippen LogP contribution < -0.4 is 10.6 Å². The normalized spacial score (nSPS) is 18.4. The number of aromatic amines is 1. The highest BCUT2D eigenvalue weighted by Gasteiger charge is 2.16. The van der Waals surface area contributed by atoms with Gasteiger partial charge in [-0.3, -0.25) is 9.89 Å². The topological polar surface area (TPSA) is 69.8 Å². The van der Waals surface area contributed by atoms with E-state index in [9.17, 15) is 4.79 Å². The second kappa shape index (κ2) is 6.54. The number of benzene rings is 1. The standard InChI is InChI=1S/C16H20N4O/c21-16(9-12-3-2-7-17-11-12)19-14-5-1-4-13(10-14)15-6-8-18-20-15/h1,4-6,8,10,12,17H,2-3,7,9,11H2,(H,18,20)(H,19,21). The smallest absolute Gasteiger partial charge is 0.224 e. The summed E-state index contributed by atoms with van der Waals surface area (Å²) in [6, 6.07) is 9.72. The first-order valence-electron chi connectivity index (χ1n) is 7.41. The van der Waals surface area contributed by atoms with Gasteiger partial charge in [-0.05, 0) is 50.0 Å². The minimum atomic E-state index is 0.0884. The van der Waals surface area contributed by atoms with E-state index in [1.807, 2.05) is 30.3 Å². The molecule has 1 aromatic heterocycles. The third kappa shape index (κ3) is 3.70. The van der Waals surface area contributed by atoms with Crippen molar-refractivity contribution in [1.82, 2.24) is 15.5 Å². The Balaban J connectivity index is 1.62. The molecule has 0 radical (unpaired) electrons. The van der Waals surface area contributed by atoms with Crippen LogP contribution in [0.15, 0.2) is 36.5 Å². The number of anilines is 1. The van der Waals surface area contributed by atoms with Gasteiger partial charge in [-0.15, -0.1) is 0 Å². The lowest BCUT2D eigenvalue weighted by atomic mass is 9.96. The number of hydrogen-bond donors (Lipinski definition) is 3. The summed E-state index contributed by atoms with van der Waals surface area (Å²) in [4.78, 5) is 12.1. The van der Waals surface area contributed by atoms with Gasteiger partial charge in [0.1, 0.15) is 0 Å². The molecule has 2 heterocycles. The van der Waals surface area contributed by atoms with Crippen LogP contribution in [0.5, 0.6) is 0 Å². The zero-order valence-corrected chi connectivity index (χ0v) is 11.9. The lowest BCUT2D eigenvalue weighted by Gasteiger charge is -2.22. The number of nitrogens with zero attached hydrogens (tertiary/aromatic N) is 1. The van der Waals surface area contributed by atoms with Crippen molar-refractivity contribution in [3.8, 4) is 11.3 Å². The van der Waals surface area contributed by atoms with Gasteiger partial charge < -0.3 is 10.6 Å². The number of rotatable bonds is 4. The Hall–Kier alpha value is -2.14. The number of amides is 1. The van der Waals surface area contributed by atoms with Crippen molar-refractivity contribution >= 4 is 11.6 Å². The molecule has 3 N–H and O–H groups in total. The summed E-state index contributed by atoms with van der Waals surface area (Å²) in [6.07, 6.45) is 4.60. The van der Waals surface area contributed by atoms with Gasteiger partial charge in [-0.1, -0.05) is 12.1 Å². The Bertz CT molecular complexity index is 588. The SMILES string of the molecule is O=C(CC1CCCNC1)Nc1cccc(-c2ccn[nH]2)c1. The van der Waals surface area contributed by atoms with Crippen molar-refractivity contribution in [2.24, 2.45) is 5.92 Å². The van der Waals surface area contributed by atoms with Crippen molar-refractivity contribution in [2.75, 3.05) is 18.4 Å². The molecule has 1 aliphatic heterocycles. The fraction of sp³-hybridized carbons (Fsp3) is 0.375. The van der Waals surface area contributed by atoms with Crippen LogP contribution in [-0.2, 0) is 4.79 Å². The van der Waals surface area contributed by atoms with Gasteiger partial charge in [0.15, 0.2) is 0 Å². The molecule has 1 unspecified atom stereocenters. The molecule has 1 aliphatic rings. The van der Waals surface area contributed by atoms with E-state index in [0.29, 0.717) is 12.3 Å². The quantitative estimate of drug-likeness (QED) is 0.807. The lowest BCUT2D eigenvalue weighted by Crippen LogP contribution is -2.32. The molecule has 110 valence electrons. The molecule has 3 rings (SSSR count). The van der Waals surface area contributed by atoms with Crippen LogP contribution in [0.1, 0.15) is 19.3 Å². The highest BCUT2D eigenvalue weighted by atomic mass is 16.1. The molecule has 1 amide bonds. The van der Waals surface area contributed by atoms with Crippen LogP contribution in [0.2, 0.25) is 0 Å². The molecule has 1 fully saturated rings. The molecular weight excluding hydrogens is 264 g/mol. The predicted octanol–water partition coefficient (Wildman–Crippen LogP) is 2.40. The molecule has 0 bridgehead atoms. The molecule has 5 nitrogen and oxygen atoms in total. The summed E-state index contributed by atoms with van der Waals surface area (Å²) >= 11 is 0. The van der Waals surface area contributed by atoms with Crippen molar-refractivity contribution in [3.05, 3.63) is 36.5 Å². The third-order valence-electron chi connectivity index (χ3n) is 3.83. The first-order valence-corrected chi connectivity index (χ1v) is 7.41. The molecular formula is C16H20N4O. The Morgan fingerprint density at radius 1 is 1.38 bits per heavy atom. The molecule has 0 spiro atoms. The summed E-state index contributed by atoms with van der Waals surface area (Å²) in [6.45, 7) is 2.02. The monoisotopic (exact) mass is 284 g/mol. The Labute approximate surface area is 124 Å². The average Bonchev–Trinajstić information content (AvgIpc) is 3.02. The van der Waals surface area contributed by atoms with Crippen LogP contribution >= 0.6 is 0 Å². The second-order valence-electron chi connectivity index (χ2n) is 5.52. The summed E-state index contributed by atoms with van der Waals surface area (Å²) < 4.78 is 0. The van der Waals surface area contributed by atoms with E-state index in [0.717, 1.165) is 42.9 Å². The zero-order valence-electron chi connectivity index (χ0n) is 11.9. The molecule has 2 aromatic rings. The molecule has 1 aromatic carbocycles. The maximum absolute atomic E-state index is 12.1. The number of hydrogen-bond acceptors (Lipinski definition) is 3. The summed E-state index contributed by atoms with van der Waals surface area (Å²) in [5.41, 5.74) is 2.79. The lowest BCUT2D eigenvalue weighted by molar-refractivity contribution is -0.117. The van der Waals surface area contributed by atoms with E-state index < -0.39 is 0 Å². The van der Waals surface area contributed by atoms with Crippen molar-refractivity contribution < 1.29 is 4.79 Å². The molecule has 21 heavy (non-hydrogen) atoms. The molecule has 0 aliphatic carbocycles. The van der Waals surface area contributed by atoms with E-state index in [4.69, 9.17) is 0 Å². The highest BCUT2D eigenvalue weighted by molar-refractivity contribution is 5.91. The van der Waals surface area contributed by atoms with Crippen molar-refractivity contribution in [3.63, 3.8) is 0 Å². The number of H-pyrrole nitrogens is 1. The van der Waals surface area contributed by atoms with Gasteiger partial charge >= 0.3 is 0 Å². The Kier molecular flexibility index (Phi) is 4.31. The number of aromatic nitrogens is 2. The molecule has 5 heteroatoms. The predicted molar refractivity (Wildman–Crippen MR) is 82.9 cm³/mol. The van der Waals surface area contributed by atoms with Crippen LogP contribution in [0, 0.1) is 5.92 Å². The van der Waals surface area contributed by atoms with E-state index in [1.54, 1.807) is 6.20 Å². The van der Waals surface area contributed by atoms with Crippen LogP contribution in [0.25, 0.3) is 11.3 Å². The Morgan fingerprint density at radius 3 is 3.10 bits per heavy atom. The average molecular weight is 284 g/mol. The largest absolute Gasteiger partial charge is 0.326 e. The van der Waals surface area contributed by atoms with Gasteiger partial charge in [0.05, 0.1) is 5.69 Å². The Morgan fingerprint density at radius 2 is 2.33 bits per heavy atom. The molecule has 1 saturated heterocycles. The van der Waals surface area contributed by atoms with Crippen molar-refractivity contribution in [1.29, 1.82) is 0 Å². The van der Waals surface area contributed by atoms with E-state index >= 15 is 0 Å². The number of nitrogens with one attached hydrogen (secondary N) is 3. The highest BCUT2D eigenvalue weighted by Crippen LogP contribution is 2.21. The van der Waals surface area contributed by atoms with E-state index in [2.05, 4.69) is 20.8 Å². The summed E-state index contributed by atoms with van der Waals surface area (Å²) in [5.74, 6) is 0.542. The number of piperidine rings is 1. The van der Waals surface area contributed by atoms with Crippen LogP contribution in [0.3, 0.4) is 0 Å². The first-order chi connectivity index (χ1) is 10.3. The fourth-order valence-electron chi connectivity index (χ4n) is 2.75. The van der Waals surface area contributed by atoms with E-state index in [-0.39, 0.29) is 5.91 Å². The first kappa shape index (κ1) is 13.8. The second-order valence-corrected chi connectivity index (χ2v) is 5.52. The van der Waals surface area contributed by atoms with Crippen molar-refractivity contribution in [2.45, 2.75) is 19.3 Å². The minimum absolute atomic E-state index is 0.0884. The van der Waals surface area contributed by atoms with Gasteiger partial charge in [0, 0.05) is 23.9 Å². The summed E-state index contributed by atoms with van der Waals surface area (Å²) in [7, 11) is 0. The fourth-order valence-corrected chi connectivity index (χ4v) is 2.75. The summed E-state index contributed by atoms with van der Waals surface area (Å²) in [5, 5.41) is 13.2. The number of carbonyl (C=O) groups excluding carboxylic acids is 1. The molecule has 0 saturated carbocycles. The van der Waals surface area contributed by atoms with Gasteiger partial charge in [-0.2, -0.15) is 5.10 Å². The van der Waals surface area contributed by atoms with Gasteiger partial charge in [0.2, 0.25) is 5.91 Å². The zero-order chi connectivity index (χ0) is 14.5. The van der Waals surface area contributed by atoms with Crippen LogP contribution in [0.4, 0.5) is 5.69 Å².